The molecule has 2 heterocycles. The lowest BCUT2D eigenvalue weighted by Crippen LogP contribution is -2.45. The van der Waals surface area contributed by atoms with Crippen molar-refractivity contribution in [2.75, 3.05) is 7.11 Å². The predicted octanol–water partition coefficient (Wildman–Crippen LogP) is 1.17. The molecule has 0 radical (unpaired) electrons. The summed E-state index contributed by atoms with van der Waals surface area (Å²) in [6, 6.07) is 5.36. The number of nitrogens with zero attached hydrogens (tertiary/aromatic N) is 2. The number of Topliss-reactive ketones (excluding diaryl/α,β-unsaturated/α-hetero) is 1. The summed E-state index contributed by atoms with van der Waals surface area (Å²) in [6.07, 6.45) is 4.34. The number of benzene rings is 1. The average molecular weight is 383 g/mol. The maximum atomic E-state index is 14.7. The predicted molar refractivity (Wildman–Crippen MR) is 95.7 cm³/mol. The third-order valence-corrected chi connectivity index (χ3v) is 5.31. The van der Waals surface area contributed by atoms with E-state index in [1.165, 1.54) is 48.4 Å². The van der Waals surface area contributed by atoms with Gasteiger partial charge in [-0.05, 0) is 18.6 Å². The van der Waals surface area contributed by atoms with E-state index in [-0.39, 0.29) is 16.9 Å². The zero-order chi connectivity index (χ0) is 20.6. The van der Waals surface area contributed by atoms with Crippen LogP contribution in [0.1, 0.15) is 18.4 Å². The summed E-state index contributed by atoms with van der Waals surface area (Å²) >= 11 is 0. The van der Waals surface area contributed by atoms with Crippen molar-refractivity contribution in [3.63, 3.8) is 0 Å². The Morgan fingerprint density at radius 2 is 2.00 bits per heavy atom. The molecular formula is C20H18FN3O4. The summed E-state index contributed by atoms with van der Waals surface area (Å²) < 4.78 is 19.6. The fraction of sp³-hybridized carbons (Fsp3) is 0.300. The van der Waals surface area contributed by atoms with Gasteiger partial charge in [-0.3, -0.25) is 14.4 Å². The number of fused-ring (bicyclic) bond motifs is 1. The van der Waals surface area contributed by atoms with Crippen molar-refractivity contribution in [1.82, 2.24) is 4.90 Å². The summed E-state index contributed by atoms with van der Waals surface area (Å²) in [5.74, 6) is -3.95. The molecule has 2 aliphatic rings. The molecule has 144 valence electrons. The Morgan fingerprint density at radius 1 is 1.32 bits per heavy atom. The number of nitrogens with two attached hydrogens (primary N) is 1. The maximum Gasteiger partial charge on any atom is 0.329 e. The van der Waals surface area contributed by atoms with Crippen LogP contribution in [-0.4, -0.2) is 41.8 Å². The van der Waals surface area contributed by atoms with Gasteiger partial charge in [0.1, 0.15) is 11.9 Å². The molecule has 1 saturated heterocycles. The molecule has 0 aliphatic carbocycles. The van der Waals surface area contributed by atoms with E-state index in [0.717, 1.165) is 7.11 Å². The standard InChI is InChI=1S/C20H18FN3O4/c1-11(25)12-7-8-15-20(10-22,19(27)28-2)16(13-5-3-4-6-14(13)21)17(18(23)26)24(15)9-12/h3-9,15-17H,1-2H3,(H2,23,26)/t15-,16-,17+,20-/m0/s1. The van der Waals surface area contributed by atoms with Gasteiger partial charge in [-0.15, -0.1) is 0 Å². The lowest BCUT2D eigenvalue weighted by molar-refractivity contribution is -0.150. The van der Waals surface area contributed by atoms with Crippen molar-refractivity contribution >= 4 is 17.7 Å². The number of ketones is 1. The lowest BCUT2D eigenvalue weighted by Gasteiger charge is -2.32. The van der Waals surface area contributed by atoms with E-state index in [4.69, 9.17) is 10.5 Å². The van der Waals surface area contributed by atoms with Gasteiger partial charge in [0, 0.05) is 17.7 Å². The van der Waals surface area contributed by atoms with Crippen LogP contribution >= 0.6 is 0 Å². The number of esters is 1. The lowest BCUT2D eigenvalue weighted by atomic mass is 9.68. The number of halogens is 1. The molecule has 0 unspecified atom stereocenters. The highest BCUT2D eigenvalue weighted by Gasteiger charge is 2.66. The van der Waals surface area contributed by atoms with Crippen LogP contribution in [0.2, 0.25) is 0 Å². The van der Waals surface area contributed by atoms with E-state index in [1.807, 2.05) is 6.07 Å². The Bertz CT molecular complexity index is 964. The van der Waals surface area contributed by atoms with Gasteiger partial charge in [-0.1, -0.05) is 30.4 Å². The monoisotopic (exact) mass is 383 g/mol. The highest BCUT2D eigenvalue weighted by molar-refractivity contribution is 5.97. The van der Waals surface area contributed by atoms with Gasteiger partial charge in [0.2, 0.25) is 5.91 Å². The van der Waals surface area contributed by atoms with Gasteiger partial charge in [0.25, 0.3) is 0 Å². The van der Waals surface area contributed by atoms with Crippen LogP contribution in [0, 0.1) is 22.6 Å². The molecule has 3 rings (SSSR count). The SMILES string of the molecule is COC(=O)[C@@]1(C#N)[C@@H]2C=CC(C(C)=O)=CN2[C@@H](C(N)=O)[C@@H]1c1ccccc1F. The van der Waals surface area contributed by atoms with Crippen molar-refractivity contribution < 1.29 is 23.5 Å². The first-order valence-electron chi connectivity index (χ1n) is 8.51. The van der Waals surface area contributed by atoms with Crippen molar-refractivity contribution in [3.8, 4) is 6.07 Å². The summed E-state index contributed by atoms with van der Waals surface area (Å²) in [7, 11) is 1.12. The second-order valence-corrected chi connectivity index (χ2v) is 6.71. The first kappa shape index (κ1) is 19.3. The maximum absolute atomic E-state index is 14.7. The third-order valence-electron chi connectivity index (χ3n) is 5.31. The van der Waals surface area contributed by atoms with Gasteiger partial charge in [0.15, 0.2) is 11.2 Å². The Hall–Kier alpha value is -3.47. The number of primary amides is 1. The van der Waals surface area contributed by atoms with E-state index in [2.05, 4.69) is 0 Å². The van der Waals surface area contributed by atoms with Gasteiger partial charge in [-0.25, -0.2) is 4.39 Å². The van der Waals surface area contributed by atoms with E-state index < -0.39 is 41.1 Å². The normalized spacial score (nSPS) is 28.1. The van der Waals surface area contributed by atoms with Gasteiger partial charge in [-0.2, -0.15) is 5.26 Å². The van der Waals surface area contributed by atoms with E-state index >= 15 is 0 Å². The number of hydrogen-bond donors (Lipinski definition) is 1. The highest BCUT2D eigenvalue weighted by atomic mass is 19.1. The van der Waals surface area contributed by atoms with Gasteiger partial charge >= 0.3 is 5.97 Å². The smallest absolute Gasteiger partial charge is 0.329 e. The Kier molecular flexibility index (Phi) is 4.77. The minimum Gasteiger partial charge on any atom is -0.468 e. The quantitative estimate of drug-likeness (QED) is 0.781. The third kappa shape index (κ3) is 2.59. The number of methoxy groups -OCH3 is 1. The molecule has 0 spiro atoms. The van der Waals surface area contributed by atoms with E-state index in [0.29, 0.717) is 0 Å². The molecule has 7 nitrogen and oxygen atoms in total. The molecular weight excluding hydrogens is 365 g/mol. The first-order valence-corrected chi connectivity index (χ1v) is 8.51. The van der Waals surface area contributed by atoms with Crippen LogP contribution in [0.3, 0.4) is 0 Å². The Balaban J connectivity index is 2.33. The molecule has 1 aromatic carbocycles. The molecule has 1 amide bonds. The van der Waals surface area contributed by atoms with Crippen LogP contribution in [0.5, 0.6) is 0 Å². The fourth-order valence-corrected chi connectivity index (χ4v) is 4.08. The Labute approximate surface area is 160 Å². The zero-order valence-corrected chi connectivity index (χ0v) is 15.3. The average Bonchev–Trinajstić information content (AvgIpc) is 2.98. The number of nitriles is 1. The van der Waals surface area contributed by atoms with Crippen LogP contribution in [0.15, 0.2) is 48.2 Å². The number of carbonyl (C=O) groups excluding carboxylic acids is 3. The number of amides is 1. The first-order chi connectivity index (χ1) is 13.3. The topological polar surface area (TPSA) is 113 Å². The molecule has 2 N–H and O–H groups in total. The number of allylic oxidation sites excluding steroid dienone is 2. The van der Waals surface area contributed by atoms with Crippen molar-refractivity contribution in [2.24, 2.45) is 11.1 Å². The van der Waals surface area contributed by atoms with Crippen LogP contribution in [0.25, 0.3) is 0 Å². The number of ether oxygens (including phenoxy) is 1. The van der Waals surface area contributed by atoms with Crippen LogP contribution in [-0.2, 0) is 19.1 Å². The molecule has 0 bridgehead atoms. The Morgan fingerprint density at radius 3 is 2.54 bits per heavy atom. The highest BCUT2D eigenvalue weighted by Crippen LogP contribution is 2.54. The minimum atomic E-state index is -1.94. The van der Waals surface area contributed by atoms with Crippen LogP contribution in [0.4, 0.5) is 4.39 Å². The summed E-state index contributed by atoms with van der Waals surface area (Å²) in [5, 5.41) is 10.1. The summed E-state index contributed by atoms with van der Waals surface area (Å²) in [6.45, 7) is 1.35. The number of hydrogen-bond acceptors (Lipinski definition) is 6. The van der Waals surface area contributed by atoms with Crippen molar-refractivity contribution in [2.45, 2.75) is 24.9 Å². The fourth-order valence-electron chi connectivity index (χ4n) is 4.08. The second kappa shape index (κ2) is 6.93. The molecule has 8 heteroatoms. The molecule has 4 atom stereocenters. The summed E-state index contributed by atoms with van der Waals surface area (Å²) in [4.78, 5) is 38.4. The van der Waals surface area contributed by atoms with Crippen molar-refractivity contribution in [1.29, 1.82) is 5.26 Å². The number of carbonyl (C=O) groups is 3. The van der Waals surface area contributed by atoms with E-state index in [1.54, 1.807) is 6.07 Å². The molecule has 0 saturated carbocycles. The summed E-state index contributed by atoms with van der Waals surface area (Å²) in [5.41, 5.74) is 3.95. The second-order valence-electron chi connectivity index (χ2n) is 6.71. The molecule has 2 aliphatic heterocycles. The molecule has 1 aromatic rings. The molecule has 28 heavy (non-hydrogen) atoms. The zero-order valence-electron chi connectivity index (χ0n) is 15.3. The van der Waals surface area contributed by atoms with Crippen molar-refractivity contribution in [3.05, 3.63) is 59.6 Å². The minimum absolute atomic E-state index is 0.00109. The van der Waals surface area contributed by atoms with E-state index in [9.17, 15) is 24.0 Å². The van der Waals surface area contributed by atoms with Gasteiger partial charge < -0.3 is 15.4 Å². The van der Waals surface area contributed by atoms with Crippen LogP contribution < -0.4 is 5.73 Å². The van der Waals surface area contributed by atoms with Gasteiger partial charge in [0.05, 0.1) is 19.2 Å². The molecule has 0 aromatic heterocycles. The largest absolute Gasteiger partial charge is 0.468 e. The number of rotatable bonds is 4. The molecule has 1 fully saturated rings.